The fraction of sp³-hybridized carbons (Fsp3) is 0.900. The minimum absolute atomic E-state index is 0.0592. The Bertz CT molecular complexity index is 433. The van der Waals surface area contributed by atoms with Gasteiger partial charge in [0.2, 0.25) is 0 Å². The highest BCUT2D eigenvalue weighted by Gasteiger charge is 2.21. The molecule has 1 aliphatic heterocycles. The molecule has 2 rings (SSSR count). The van der Waals surface area contributed by atoms with Crippen molar-refractivity contribution in [3.05, 3.63) is 0 Å². The molecule has 0 unspecified atom stereocenters. The third-order valence-corrected chi connectivity index (χ3v) is 6.66. The fourth-order valence-corrected chi connectivity index (χ4v) is 4.64. The summed E-state index contributed by atoms with van der Waals surface area (Å²) in [5.74, 6) is 2.07. The summed E-state index contributed by atoms with van der Waals surface area (Å²) in [5.41, 5.74) is 0. The Hall–Kier alpha value is -0.750. The number of piperidine rings is 1. The summed E-state index contributed by atoms with van der Waals surface area (Å²) in [7, 11) is 2.16. The lowest BCUT2D eigenvalue weighted by Crippen LogP contribution is -2.45. The van der Waals surface area contributed by atoms with Crippen LogP contribution in [0.3, 0.4) is 0 Å². The van der Waals surface area contributed by atoms with Crippen LogP contribution in [0.1, 0.15) is 58.3 Å². The van der Waals surface area contributed by atoms with Crippen molar-refractivity contribution in [2.24, 2.45) is 11.8 Å². The summed E-state index contributed by atoms with van der Waals surface area (Å²) in [6.07, 6.45) is 10.1. The van der Waals surface area contributed by atoms with E-state index in [1.54, 1.807) is 6.92 Å². The lowest BCUT2D eigenvalue weighted by molar-refractivity contribution is -0.109. The molecule has 0 radical (unpaired) electrons. The lowest BCUT2D eigenvalue weighted by atomic mass is 9.87. The Morgan fingerprint density at radius 1 is 1.04 bits per heavy atom. The van der Waals surface area contributed by atoms with Gasteiger partial charge in [-0.15, -0.1) is 0 Å². The average Bonchev–Trinajstić information content (AvgIpc) is 2.64. The van der Waals surface area contributed by atoms with E-state index in [1.807, 2.05) is 4.90 Å². The number of carbonyl (C=O) groups excluding carboxylic acids is 2. The first kappa shape index (κ1) is 21.5. The first-order valence-electron chi connectivity index (χ1n) is 10.4. The highest BCUT2D eigenvalue weighted by Crippen LogP contribution is 2.26. The predicted octanol–water partition coefficient (Wildman–Crippen LogP) is 3.59. The molecule has 5 nitrogen and oxygen atoms in total. The zero-order chi connectivity index (χ0) is 18.8. The van der Waals surface area contributed by atoms with Crippen LogP contribution in [0.4, 0.5) is 4.79 Å². The van der Waals surface area contributed by atoms with E-state index in [1.165, 1.54) is 56.7 Å². The number of thioether (sulfide) groups is 1. The van der Waals surface area contributed by atoms with Crippen molar-refractivity contribution in [2.75, 3.05) is 45.5 Å². The normalized spacial score (nSPS) is 20.1. The smallest absolute Gasteiger partial charge is 0.317 e. The molecule has 1 aliphatic carbocycles. The first-order chi connectivity index (χ1) is 12.5. The quantitative estimate of drug-likeness (QED) is 0.696. The van der Waals surface area contributed by atoms with Gasteiger partial charge in [-0.1, -0.05) is 43.9 Å². The third kappa shape index (κ3) is 8.30. The molecule has 0 atom stereocenters. The van der Waals surface area contributed by atoms with Crippen LogP contribution in [0.25, 0.3) is 0 Å². The molecule has 2 aliphatic rings. The number of rotatable bonds is 8. The number of urea groups is 1. The largest absolute Gasteiger partial charge is 0.338 e. The standard InChI is InChI=1S/C20H37N3O2S/c1-17(24)26-15-14-23(13-10-18-6-4-3-5-7-18)20(25)21-16-19-8-11-22(2)12-9-19/h18-19H,3-16H2,1-2H3,(H,21,25). The van der Waals surface area contributed by atoms with E-state index < -0.39 is 0 Å². The summed E-state index contributed by atoms with van der Waals surface area (Å²) in [6, 6.07) is 0.0592. The minimum Gasteiger partial charge on any atom is -0.338 e. The molecule has 150 valence electrons. The molecule has 0 aromatic carbocycles. The molecular formula is C20H37N3O2S. The van der Waals surface area contributed by atoms with Crippen molar-refractivity contribution in [1.82, 2.24) is 15.1 Å². The Balaban J connectivity index is 1.76. The van der Waals surface area contributed by atoms with Crippen molar-refractivity contribution in [3.63, 3.8) is 0 Å². The van der Waals surface area contributed by atoms with E-state index in [-0.39, 0.29) is 11.1 Å². The number of hydrogen-bond acceptors (Lipinski definition) is 4. The second-order valence-electron chi connectivity index (χ2n) is 8.05. The monoisotopic (exact) mass is 383 g/mol. The Morgan fingerprint density at radius 3 is 2.38 bits per heavy atom. The molecule has 1 saturated carbocycles. The molecule has 0 aromatic heterocycles. The van der Waals surface area contributed by atoms with Gasteiger partial charge >= 0.3 is 6.03 Å². The second-order valence-corrected chi connectivity index (χ2v) is 9.32. The number of carbonyl (C=O) groups is 2. The summed E-state index contributed by atoms with van der Waals surface area (Å²) in [4.78, 5) is 28.2. The molecule has 1 heterocycles. The van der Waals surface area contributed by atoms with Gasteiger partial charge in [0.25, 0.3) is 0 Å². The van der Waals surface area contributed by atoms with E-state index in [0.29, 0.717) is 18.2 Å². The number of amides is 2. The molecule has 0 spiro atoms. The Labute approximate surface area is 163 Å². The van der Waals surface area contributed by atoms with E-state index in [0.717, 1.165) is 38.5 Å². The third-order valence-electron chi connectivity index (χ3n) is 5.87. The van der Waals surface area contributed by atoms with Crippen LogP contribution in [0.15, 0.2) is 0 Å². The maximum absolute atomic E-state index is 12.7. The minimum atomic E-state index is 0.0592. The van der Waals surface area contributed by atoms with Crippen LogP contribution in [0.2, 0.25) is 0 Å². The Morgan fingerprint density at radius 2 is 1.73 bits per heavy atom. The topological polar surface area (TPSA) is 52.7 Å². The van der Waals surface area contributed by atoms with E-state index in [9.17, 15) is 9.59 Å². The SMILES string of the molecule is CC(=O)SCCN(CCC1CCCCC1)C(=O)NCC1CCN(C)CC1. The summed E-state index contributed by atoms with van der Waals surface area (Å²) in [5, 5.41) is 3.30. The van der Waals surface area contributed by atoms with E-state index in [4.69, 9.17) is 0 Å². The van der Waals surface area contributed by atoms with Crippen LogP contribution in [-0.2, 0) is 4.79 Å². The van der Waals surface area contributed by atoms with Crippen LogP contribution < -0.4 is 5.32 Å². The molecule has 2 amide bonds. The fourth-order valence-electron chi connectivity index (χ4n) is 4.04. The highest BCUT2D eigenvalue weighted by molar-refractivity contribution is 8.13. The molecular weight excluding hydrogens is 346 g/mol. The number of hydrogen-bond donors (Lipinski definition) is 1. The number of nitrogens with zero attached hydrogens (tertiary/aromatic N) is 2. The van der Waals surface area contributed by atoms with Gasteiger partial charge in [-0.2, -0.15) is 0 Å². The molecule has 6 heteroatoms. The predicted molar refractivity (Wildman–Crippen MR) is 110 cm³/mol. The van der Waals surface area contributed by atoms with Gasteiger partial charge in [0.05, 0.1) is 0 Å². The first-order valence-corrected chi connectivity index (χ1v) is 11.4. The van der Waals surface area contributed by atoms with Gasteiger partial charge in [-0.3, -0.25) is 4.79 Å². The van der Waals surface area contributed by atoms with Crippen molar-refractivity contribution >= 4 is 22.9 Å². The zero-order valence-corrected chi connectivity index (χ0v) is 17.5. The van der Waals surface area contributed by atoms with Gasteiger partial charge in [0.15, 0.2) is 5.12 Å². The number of nitrogens with one attached hydrogen (secondary N) is 1. The number of likely N-dealkylation sites (tertiary alicyclic amines) is 1. The average molecular weight is 384 g/mol. The second kappa shape index (κ2) is 11.9. The molecule has 0 bridgehead atoms. The molecule has 0 aromatic rings. The van der Waals surface area contributed by atoms with Gasteiger partial charge in [0, 0.05) is 32.3 Å². The van der Waals surface area contributed by atoms with Gasteiger partial charge < -0.3 is 15.1 Å². The van der Waals surface area contributed by atoms with Gasteiger partial charge in [0.1, 0.15) is 0 Å². The van der Waals surface area contributed by atoms with Crippen molar-refractivity contribution in [3.8, 4) is 0 Å². The van der Waals surface area contributed by atoms with Crippen LogP contribution >= 0.6 is 11.8 Å². The van der Waals surface area contributed by atoms with Crippen LogP contribution in [0, 0.1) is 11.8 Å². The van der Waals surface area contributed by atoms with E-state index >= 15 is 0 Å². The van der Waals surface area contributed by atoms with E-state index in [2.05, 4.69) is 17.3 Å². The lowest BCUT2D eigenvalue weighted by Gasteiger charge is -2.31. The molecule has 26 heavy (non-hydrogen) atoms. The van der Waals surface area contributed by atoms with Gasteiger partial charge in [-0.25, -0.2) is 4.79 Å². The zero-order valence-electron chi connectivity index (χ0n) is 16.7. The molecule has 2 fully saturated rings. The maximum Gasteiger partial charge on any atom is 0.317 e. The van der Waals surface area contributed by atoms with Crippen molar-refractivity contribution < 1.29 is 9.59 Å². The summed E-state index contributed by atoms with van der Waals surface area (Å²) in [6.45, 7) is 6.12. The van der Waals surface area contributed by atoms with Crippen molar-refractivity contribution in [2.45, 2.75) is 58.3 Å². The summed E-state index contributed by atoms with van der Waals surface area (Å²) < 4.78 is 0. The summed E-state index contributed by atoms with van der Waals surface area (Å²) >= 11 is 1.32. The van der Waals surface area contributed by atoms with Crippen LogP contribution in [-0.4, -0.2) is 66.5 Å². The van der Waals surface area contributed by atoms with Crippen LogP contribution in [0.5, 0.6) is 0 Å². The van der Waals surface area contributed by atoms with Gasteiger partial charge in [-0.05, 0) is 51.2 Å². The molecule has 1 saturated heterocycles. The van der Waals surface area contributed by atoms with Crippen molar-refractivity contribution in [1.29, 1.82) is 0 Å². The Kier molecular flexibility index (Phi) is 9.83. The molecule has 1 N–H and O–H groups in total. The maximum atomic E-state index is 12.7. The highest BCUT2D eigenvalue weighted by atomic mass is 32.2.